The zero-order chi connectivity index (χ0) is 10.7. The van der Waals surface area contributed by atoms with E-state index in [1.807, 2.05) is 38.6 Å². The van der Waals surface area contributed by atoms with Crippen molar-refractivity contribution in [1.29, 1.82) is 0 Å². The average molecular weight is 180 g/mol. The van der Waals surface area contributed by atoms with Gasteiger partial charge in [-0.15, -0.1) is 6.58 Å². The van der Waals surface area contributed by atoms with Gasteiger partial charge in [-0.1, -0.05) is 26.5 Å². The number of aromatic nitrogens is 2. The molecule has 0 N–H and O–H groups in total. The summed E-state index contributed by atoms with van der Waals surface area (Å²) in [5.74, 6) is 0.907. The molecule has 0 radical (unpaired) electrons. The molecule has 0 bridgehead atoms. The van der Waals surface area contributed by atoms with Gasteiger partial charge in [-0.3, -0.25) is 0 Å². The minimum Gasteiger partial charge on any atom is -0.335 e. The molecule has 0 amide bonds. The molecule has 0 spiro atoms. The van der Waals surface area contributed by atoms with Gasteiger partial charge in [0.2, 0.25) is 0 Å². The third-order valence-corrected chi connectivity index (χ3v) is 1.04. The van der Waals surface area contributed by atoms with Crippen molar-refractivity contribution < 1.29 is 0 Å². The van der Waals surface area contributed by atoms with Crippen LogP contribution in [0.15, 0.2) is 31.6 Å². The highest BCUT2D eigenvalue weighted by Crippen LogP contribution is 1.92. The Balaban J connectivity index is 0. The zero-order valence-corrected chi connectivity index (χ0v) is 9.12. The van der Waals surface area contributed by atoms with E-state index in [9.17, 15) is 0 Å². The summed E-state index contributed by atoms with van der Waals surface area (Å²) >= 11 is 0. The van der Waals surface area contributed by atoms with Crippen LogP contribution in [0.4, 0.5) is 0 Å². The summed E-state index contributed by atoms with van der Waals surface area (Å²) in [6, 6.07) is 0. The molecule has 1 rings (SSSR count). The van der Waals surface area contributed by atoms with E-state index in [2.05, 4.69) is 18.1 Å². The first-order valence-corrected chi connectivity index (χ1v) is 4.43. The van der Waals surface area contributed by atoms with Gasteiger partial charge in [-0.2, -0.15) is 0 Å². The Morgan fingerprint density at radius 2 is 1.85 bits per heavy atom. The fourth-order valence-electron chi connectivity index (χ4n) is 0.574. The van der Waals surface area contributed by atoms with Crippen LogP contribution in [-0.2, 0) is 7.05 Å². The van der Waals surface area contributed by atoms with Gasteiger partial charge in [-0.25, -0.2) is 4.98 Å². The van der Waals surface area contributed by atoms with Crippen molar-refractivity contribution in [3.05, 3.63) is 37.5 Å². The highest BCUT2D eigenvalue weighted by Gasteiger charge is 1.87. The van der Waals surface area contributed by atoms with Crippen LogP contribution in [0.25, 0.3) is 6.08 Å². The van der Waals surface area contributed by atoms with Crippen LogP contribution < -0.4 is 0 Å². The number of allylic oxidation sites excluding steroid dienone is 1. The standard InChI is InChI=1S/C6H8N2.C3H6.C2H6/c1-3-6-7-4-5-8(6)2;1-3-2;1-2/h3-5H,1H2,2H3;3H,1H2,2H3;1-2H3. The Morgan fingerprint density at radius 3 is 2.00 bits per heavy atom. The first-order valence-electron chi connectivity index (χ1n) is 4.43. The van der Waals surface area contributed by atoms with Gasteiger partial charge in [-0.05, 0) is 13.0 Å². The Labute approximate surface area is 81.6 Å². The topological polar surface area (TPSA) is 17.8 Å². The number of rotatable bonds is 1. The largest absolute Gasteiger partial charge is 0.335 e. The third-order valence-electron chi connectivity index (χ3n) is 1.04. The van der Waals surface area contributed by atoms with Crippen molar-refractivity contribution in [2.75, 3.05) is 0 Å². The first-order chi connectivity index (χ1) is 6.26. The van der Waals surface area contributed by atoms with Crippen LogP contribution in [-0.4, -0.2) is 9.55 Å². The number of aryl methyl sites for hydroxylation is 1. The Morgan fingerprint density at radius 1 is 1.38 bits per heavy atom. The van der Waals surface area contributed by atoms with Gasteiger partial charge in [0.1, 0.15) is 5.82 Å². The fourth-order valence-corrected chi connectivity index (χ4v) is 0.574. The minimum atomic E-state index is 0.907. The summed E-state index contributed by atoms with van der Waals surface area (Å²) in [6.07, 6.45) is 7.11. The lowest BCUT2D eigenvalue weighted by Crippen LogP contribution is -1.87. The normalized spacial score (nSPS) is 7.08. The number of hydrogen-bond donors (Lipinski definition) is 0. The van der Waals surface area contributed by atoms with Crippen LogP contribution >= 0.6 is 0 Å². The summed E-state index contributed by atoms with van der Waals surface area (Å²) in [4.78, 5) is 3.98. The number of nitrogens with zero attached hydrogens (tertiary/aromatic N) is 2. The summed E-state index contributed by atoms with van der Waals surface area (Å²) in [5.41, 5.74) is 0. The van der Waals surface area contributed by atoms with Gasteiger partial charge in [0, 0.05) is 19.4 Å². The second kappa shape index (κ2) is 10.7. The molecule has 0 aliphatic carbocycles. The molecular weight excluding hydrogens is 160 g/mol. The number of hydrogen-bond acceptors (Lipinski definition) is 1. The molecule has 0 fully saturated rings. The second-order valence-electron chi connectivity index (χ2n) is 2.01. The highest BCUT2D eigenvalue weighted by atomic mass is 15.0. The molecule has 0 aromatic carbocycles. The first kappa shape index (κ1) is 14.2. The molecule has 1 aromatic heterocycles. The van der Waals surface area contributed by atoms with E-state index in [1.54, 1.807) is 18.3 Å². The molecule has 0 atom stereocenters. The Hall–Kier alpha value is -1.31. The summed E-state index contributed by atoms with van der Waals surface area (Å²) < 4.78 is 1.91. The molecule has 13 heavy (non-hydrogen) atoms. The van der Waals surface area contributed by atoms with Crippen molar-refractivity contribution in [2.24, 2.45) is 7.05 Å². The van der Waals surface area contributed by atoms with Crippen LogP contribution in [0, 0.1) is 0 Å². The monoisotopic (exact) mass is 180 g/mol. The molecule has 0 saturated heterocycles. The maximum absolute atomic E-state index is 3.98. The van der Waals surface area contributed by atoms with Gasteiger partial charge >= 0.3 is 0 Å². The smallest absolute Gasteiger partial charge is 0.131 e. The van der Waals surface area contributed by atoms with E-state index in [4.69, 9.17) is 0 Å². The van der Waals surface area contributed by atoms with E-state index in [-0.39, 0.29) is 0 Å². The van der Waals surface area contributed by atoms with Crippen molar-refractivity contribution in [1.82, 2.24) is 9.55 Å². The predicted octanol–water partition coefficient (Wildman–Crippen LogP) is 3.28. The van der Waals surface area contributed by atoms with E-state index in [1.165, 1.54) is 0 Å². The third kappa shape index (κ3) is 7.06. The van der Waals surface area contributed by atoms with Gasteiger partial charge in [0.25, 0.3) is 0 Å². The molecule has 1 heterocycles. The Kier molecular flexibility index (Phi) is 11.7. The lowest BCUT2D eigenvalue weighted by molar-refractivity contribution is 0.898. The maximum atomic E-state index is 3.98. The SMILES string of the molecule is C=CC.C=Cc1nccn1C.CC. The fraction of sp³-hybridized carbons (Fsp3) is 0.364. The molecule has 2 nitrogen and oxygen atoms in total. The van der Waals surface area contributed by atoms with Crippen LogP contribution in [0.1, 0.15) is 26.6 Å². The molecule has 0 unspecified atom stereocenters. The average Bonchev–Trinajstić information content (AvgIpc) is 2.56. The van der Waals surface area contributed by atoms with Crippen LogP contribution in [0.3, 0.4) is 0 Å². The zero-order valence-electron chi connectivity index (χ0n) is 9.12. The van der Waals surface area contributed by atoms with E-state index in [0.29, 0.717) is 0 Å². The van der Waals surface area contributed by atoms with Crippen molar-refractivity contribution in [2.45, 2.75) is 20.8 Å². The summed E-state index contributed by atoms with van der Waals surface area (Å²) in [7, 11) is 1.93. The summed E-state index contributed by atoms with van der Waals surface area (Å²) in [6.45, 7) is 12.8. The molecule has 0 aliphatic heterocycles. The molecule has 0 aliphatic rings. The van der Waals surface area contributed by atoms with E-state index in [0.717, 1.165) is 5.82 Å². The maximum Gasteiger partial charge on any atom is 0.131 e. The predicted molar refractivity (Wildman–Crippen MR) is 60.5 cm³/mol. The van der Waals surface area contributed by atoms with Gasteiger partial charge in [0.15, 0.2) is 0 Å². The molecular formula is C11H20N2. The molecule has 2 heteroatoms. The van der Waals surface area contributed by atoms with E-state index >= 15 is 0 Å². The Bertz CT molecular complexity index is 224. The lowest BCUT2D eigenvalue weighted by Gasteiger charge is -1.89. The van der Waals surface area contributed by atoms with Crippen LogP contribution in [0.2, 0.25) is 0 Å². The quantitative estimate of drug-likeness (QED) is 0.606. The minimum absolute atomic E-state index is 0.907. The van der Waals surface area contributed by atoms with Crippen molar-refractivity contribution in [3.8, 4) is 0 Å². The van der Waals surface area contributed by atoms with Crippen molar-refractivity contribution in [3.63, 3.8) is 0 Å². The molecule has 1 aromatic rings. The lowest BCUT2D eigenvalue weighted by atomic mass is 10.6. The van der Waals surface area contributed by atoms with Crippen LogP contribution in [0.5, 0.6) is 0 Å². The molecule has 0 saturated carbocycles. The molecule has 74 valence electrons. The highest BCUT2D eigenvalue weighted by molar-refractivity contribution is 5.35. The van der Waals surface area contributed by atoms with E-state index < -0.39 is 0 Å². The summed E-state index contributed by atoms with van der Waals surface area (Å²) in [5, 5.41) is 0. The number of imidazole rings is 1. The van der Waals surface area contributed by atoms with Gasteiger partial charge in [0.05, 0.1) is 0 Å². The van der Waals surface area contributed by atoms with Crippen molar-refractivity contribution >= 4 is 6.08 Å². The van der Waals surface area contributed by atoms with Gasteiger partial charge < -0.3 is 4.57 Å². The second-order valence-corrected chi connectivity index (χ2v) is 2.01.